The zero-order valence-electron chi connectivity index (χ0n) is 31.7. The van der Waals surface area contributed by atoms with Gasteiger partial charge in [0.15, 0.2) is 17.5 Å². The number of pyridine rings is 1. The summed E-state index contributed by atoms with van der Waals surface area (Å²) in [6, 6.07) is 63.1. The second kappa shape index (κ2) is 14.7. The first-order chi connectivity index (χ1) is 28.6. The van der Waals surface area contributed by atoms with Gasteiger partial charge in [-0.25, -0.2) is 19.9 Å². The van der Waals surface area contributed by atoms with Gasteiger partial charge >= 0.3 is 0 Å². The van der Waals surface area contributed by atoms with Gasteiger partial charge in [0.2, 0.25) is 0 Å². The minimum atomic E-state index is 0.592. The lowest BCUT2D eigenvalue weighted by atomic mass is 9.86. The normalized spacial score (nSPS) is 11.2. The third-order valence-electron chi connectivity index (χ3n) is 10.8. The molecule has 0 unspecified atom stereocenters. The Hall–Kier alpha value is -7.82. The molecule has 2 aromatic heterocycles. The summed E-state index contributed by atoms with van der Waals surface area (Å²) in [6.45, 7) is 8.45. The van der Waals surface area contributed by atoms with E-state index in [2.05, 4.69) is 122 Å². The molecule has 4 nitrogen and oxygen atoms in total. The molecule has 10 aromatic rings. The fourth-order valence-electron chi connectivity index (χ4n) is 8.07. The second-order valence-electron chi connectivity index (χ2n) is 14.3. The van der Waals surface area contributed by atoms with Crippen molar-refractivity contribution in [1.29, 1.82) is 0 Å². The fourth-order valence-corrected chi connectivity index (χ4v) is 8.07. The lowest BCUT2D eigenvalue weighted by Crippen LogP contribution is -2.00. The van der Waals surface area contributed by atoms with Crippen molar-refractivity contribution >= 4 is 44.6 Å². The molecule has 10 rings (SSSR count). The monoisotopic (exact) mass is 740 g/mol. The lowest BCUT2D eigenvalue weighted by Gasteiger charge is -2.18. The van der Waals surface area contributed by atoms with E-state index in [4.69, 9.17) is 19.9 Å². The van der Waals surface area contributed by atoms with Crippen molar-refractivity contribution < 1.29 is 0 Å². The van der Waals surface area contributed by atoms with Crippen molar-refractivity contribution in [2.45, 2.75) is 0 Å². The zero-order valence-corrected chi connectivity index (χ0v) is 31.7. The Balaban J connectivity index is 1.24. The molecule has 0 saturated heterocycles. The maximum atomic E-state index is 5.17. The van der Waals surface area contributed by atoms with Gasteiger partial charge in [-0.1, -0.05) is 171 Å². The van der Waals surface area contributed by atoms with Crippen LogP contribution in [0.1, 0.15) is 11.1 Å². The number of nitrogens with zero attached hydrogens (tertiary/aromatic N) is 4. The van der Waals surface area contributed by atoms with Gasteiger partial charge in [0, 0.05) is 27.6 Å². The molecule has 0 amide bonds. The van der Waals surface area contributed by atoms with Crippen LogP contribution in [-0.2, 0) is 0 Å². The second-order valence-corrected chi connectivity index (χ2v) is 14.3. The number of aromatic nitrogens is 4. The smallest absolute Gasteiger partial charge is 0.164 e. The van der Waals surface area contributed by atoms with Crippen molar-refractivity contribution in [3.05, 3.63) is 206 Å². The van der Waals surface area contributed by atoms with E-state index < -0.39 is 0 Å². The average Bonchev–Trinajstić information content (AvgIpc) is 3.31. The Morgan fingerprint density at radius 2 is 0.862 bits per heavy atom. The first-order valence-corrected chi connectivity index (χ1v) is 19.4. The van der Waals surface area contributed by atoms with Gasteiger partial charge in [-0.3, -0.25) is 0 Å². The van der Waals surface area contributed by atoms with E-state index in [1.54, 1.807) is 0 Å². The van der Waals surface area contributed by atoms with Crippen molar-refractivity contribution in [2.75, 3.05) is 0 Å². The van der Waals surface area contributed by atoms with Crippen molar-refractivity contribution in [3.63, 3.8) is 0 Å². The SMILES string of the molecule is C=Cc1c(C=C)c2cccc(-c3cc(-c4cccc(-c5ccc6ccccc6n5)c4)cc(-c4nc(-c5ccccc5)nc(-c5ccccc5)n4)c3)c2c2ccccc12. The maximum absolute atomic E-state index is 5.17. The highest BCUT2D eigenvalue weighted by Gasteiger charge is 2.18. The Morgan fingerprint density at radius 1 is 0.345 bits per heavy atom. The minimum absolute atomic E-state index is 0.592. The van der Waals surface area contributed by atoms with Crippen LogP contribution in [0, 0.1) is 0 Å². The number of para-hydroxylation sites is 1. The summed E-state index contributed by atoms with van der Waals surface area (Å²) in [4.78, 5) is 20.4. The highest BCUT2D eigenvalue weighted by atomic mass is 15.0. The molecule has 8 aromatic carbocycles. The molecule has 0 spiro atoms. The predicted molar refractivity (Wildman–Crippen MR) is 243 cm³/mol. The lowest BCUT2D eigenvalue weighted by molar-refractivity contribution is 1.07. The van der Waals surface area contributed by atoms with Crippen LogP contribution in [0.5, 0.6) is 0 Å². The van der Waals surface area contributed by atoms with Gasteiger partial charge in [-0.05, 0) is 91.3 Å². The molecule has 0 fully saturated rings. The van der Waals surface area contributed by atoms with Gasteiger partial charge in [-0.2, -0.15) is 0 Å². The first-order valence-electron chi connectivity index (χ1n) is 19.4. The molecule has 0 atom stereocenters. The van der Waals surface area contributed by atoms with E-state index >= 15 is 0 Å². The number of benzene rings is 8. The van der Waals surface area contributed by atoms with Crippen LogP contribution >= 0.6 is 0 Å². The molecule has 4 heteroatoms. The van der Waals surface area contributed by atoms with Gasteiger partial charge < -0.3 is 0 Å². The molecule has 0 bridgehead atoms. The van der Waals surface area contributed by atoms with Crippen LogP contribution in [0.2, 0.25) is 0 Å². The molecule has 0 aliphatic heterocycles. The van der Waals surface area contributed by atoms with Gasteiger partial charge in [-0.15, -0.1) is 0 Å². The summed E-state index contributed by atoms with van der Waals surface area (Å²) in [5.74, 6) is 1.82. The van der Waals surface area contributed by atoms with E-state index in [0.717, 1.165) is 93.8 Å². The Bertz CT molecular complexity index is 3150. The molecule has 0 aliphatic rings. The van der Waals surface area contributed by atoms with E-state index in [1.807, 2.05) is 84.9 Å². The van der Waals surface area contributed by atoms with Crippen LogP contribution in [-0.4, -0.2) is 19.9 Å². The van der Waals surface area contributed by atoms with Crippen molar-refractivity contribution in [3.8, 4) is 67.7 Å². The summed E-state index contributed by atoms with van der Waals surface area (Å²) in [5, 5.41) is 5.68. The maximum Gasteiger partial charge on any atom is 0.164 e. The average molecular weight is 741 g/mol. The van der Waals surface area contributed by atoms with E-state index in [-0.39, 0.29) is 0 Å². The molecule has 58 heavy (non-hydrogen) atoms. The standard InChI is InChI=1S/C54H36N4/c1-3-43-44(4-2)47-27-16-26-45(51(47)48-25-13-12-24-46(43)48)41-32-40(38-22-15-23-39(31-38)50-30-29-35-17-11-14-28-49(35)55-50)33-42(34-41)54-57-52(36-18-7-5-8-19-36)56-53(58-54)37-20-9-6-10-21-37/h3-34H,1-2H2. The minimum Gasteiger partial charge on any atom is -0.248 e. The van der Waals surface area contributed by atoms with Crippen LogP contribution in [0.3, 0.4) is 0 Å². The Labute approximate surface area is 337 Å². The van der Waals surface area contributed by atoms with Crippen LogP contribution in [0.4, 0.5) is 0 Å². The Morgan fingerprint density at radius 3 is 1.59 bits per heavy atom. The number of hydrogen-bond acceptors (Lipinski definition) is 4. The van der Waals surface area contributed by atoms with Gasteiger partial charge in [0.05, 0.1) is 11.2 Å². The number of fused-ring (bicyclic) bond motifs is 4. The van der Waals surface area contributed by atoms with Crippen LogP contribution < -0.4 is 0 Å². The quantitative estimate of drug-likeness (QED) is 0.146. The summed E-state index contributed by atoms with van der Waals surface area (Å²) in [7, 11) is 0. The largest absolute Gasteiger partial charge is 0.248 e. The van der Waals surface area contributed by atoms with Gasteiger partial charge in [0.1, 0.15) is 0 Å². The van der Waals surface area contributed by atoms with Crippen LogP contribution in [0.15, 0.2) is 195 Å². The van der Waals surface area contributed by atoms with E-state index in [0.29, 0.717) is 17.5 Å². The molecule has 2 heterocycles. The highest BCUT2D eigenvalue weighted by Crippen LogP contribution is 2.42. The fraction of sp³-hybridized carbons (Fsp3) is 0. The molecule has 0 saturated carbocycles. The summed E-state index contributed by atoms with van der Waals surface area (Å²) >= 11 is 0. The summed E-state index contributed by atoms with van der Waals surface area (Å²) in [6.07, 6.45) is 3.89. The molecular formula is C54H36N4. The highest BCUT2D eigenvalue weighted by molar-refractivity contribution is 6.19. The molecule has 0 aliphatic carbocycles. The summed E-state index contributed by atoms with van der Waals surface area (Å²) in [5.41, 5.74) is 12.0. The predicted octanol–water partition coefficient (Wildman–Crippen LogP) is 14.0. The van der Waals surface area contributed by atoms with Crippen molar-refractivity contribution in [1.82, 2.24) is 19.9 Å². The zero-order chi connectivity index (χ0) is 39.0. The third kappa shape index (κ3) is 6.23. The molecule has 0 N–H and O–H groups in total. The first kappa shape index (κ1) is 34.7. The molecule has 272 valence electrons. The third-order valence-corrected chi connectivity index (χ3v) is 10.8. The number of hydrogen-bond donors (Lipinski definition) is 0. The van der Waals surface area contributed by atoms with E-state index in [9.17, 15) is 0 Å². The molecular weight excluding hydrogens is 705 g/mol. The Kier molecular flexibility index (Phi) is 8.77. The van der Waals surface area contributed by atoms with E-state index in [1.165, 1.54) is 0 Å². The number of rotatable bonds is 8. The van der Waals surface area contributed by atoms with Crippen molar-refractivity contribution in [2.24, 2.45) is 0 Å². The van der Waals surface area contributed by atoms with Crippen LogP contribution in [0.25, 0.3) is 112 Å². The van der Waals surface area contributed by atoms with Gasteiger partial charge in [0.25, 0.3) is 0 Å². The molecule has 0 radical (unpaired) electrons. The topological polar surface area (TPSA) is 51.6 Å². The summed E-state index contributed by atoms with van der Waals surface area (Å²) < 4.78 is 0.